The third-order valence-corrected chi connectivity index (χ3v) is 3.86. The summed E-state index contributed by atoms with van der Waals surface area (Å²) in [6.07, 6.45) is 6.26. The Labute approximate surface area is 131 Å². The first-order valence-electron chi connectivity index (χ1n) is 8.04. The Morgan fingerprint density at radius 3 is 2.55 bits per heavy atom. The smallest absolute Gasteiger partial charge is 0.335 e. The fraction of sp³-hybridized carbons (Fsp3) is 0.421. The van der Waals surface area contributed by atoms with Crippen molar-refractivity contribution in [3.05, 3.63) is 42.0 Å². The Balaban J connectivity index is 2.00. The minimum absolute atomic E-state index is 0.201. The molecular formula is C19H24O3. The van der Waals surface area contributed by atoms with Gasteiger partial charge in [-0.3, -0.25) is 0 Å². The molecule has 0 saturated heterocycles. The molecule has 0 radical (unpaired) electrons. The van der Waals surface area contributed by atoms with Crippen molar-refractivity contribution < 1.29 is 14.6 Å². The molecule has 118 valence electrons. The van der Waals surface area contributed by atoms with Crippen LogP contribution in [0.3, 0.4) is 0 Å². The predicted molar refractivity (Wildman–Crippen MR) is 89.8 cm³/mol. The van der Waals surface area contributed by atoms with Crippen LogP contribution in [-0.4, -0.2) is 17.2 Å². The summed E-state index contributed by atoms with van der Waals surface area (Å²) in [6.45, 7) is 4.31. The number of carbonyl (C=O) groups is 1. The summed E-state index contributed by atoms with van der Waals surface area (Å²) in [4.78, 5) is 11.0. The first-order valence-corrected chi connectivity index (χ1v) is 8.04. The van der Waals surface area contributed by atoms with Crippen molar-refractivity contribution in [2.24, 2.45) is 0 Å². The molecule has 0 saturated carbocycles. The van der Waals surface area contributed by atoms with Crippen LogP contribution < -0.4 is 4.74 Å². The van der Waals surface area contributed by atoms with E-state index in [1.54, 1.807) is 12.1 Å². The molecule has 0 spiro atoms. The van der Waals surface area contributed by atoms with Gasteiger partial charge in [0.05, 0.1) is 11.7 Å². The zero-order chi connectivity index (χ0) is 15.9. The third-order valence-electron chi connectivity index (χ3n) is 3.86. The van der Waals surface area contributed by atoms with Crippen molar-refractivity contribution in [1.29, 1.82) is 0 Å². The van der Waals surface area contributed by atoms with E-state index in [-0.39, 0.29) is 6.10 Å². The predicted octanol–water partition coefficient (Wildman–Crippen LogP) is 5.28. The molecule has 0 bridgehead atoms. The van der Waals surface area contributed by atoms with Crippen molar-refractivity contribution in [3.8, 4) is 5.75 Å². The second-order valence-electron chi connectivity index (χ2n) is 5.81. The molecular weight excluding hydrogens is 276 g/mol. The van der Waals surface area contributed by atoms with Gasteiger partial charge < -0.3 is 9.84 Å². The largest absolute Gasteiger partial charge is 0.491 e. The van der Waals surface area contributed by atoms with Crippen LogP contribution in [-0.2, 0) is 0 Å². The van der Waals surface area contributed by atoms with E-state index >= 15 is 0 Å². The number of hydrogen-bond donors (Lipinski definition) is 1. The van der Waals surface area contributed by atoms with E-state index in [4.69, 9.17) is 9.84 Å². The molecule has 0 aliphatic carbocycles. The highest BCUT2D eigenvalue weighted by Crippen LogP contribution is 2.23. The Kier molecular flexibility index (Phi) is 5.82. The highest BCUT2D eigenvalue weighted by Gasteiger charge is 2.07. The average Bonchev–Trinajstić information content (AvgIpc) is 2.51. The van der Waals surface area contributed by atoms with Gasteiger partial charge in [0.15, 0.2) is 0 Å². The molecule has 3 heteroatoms. The maximum atomic E-state index is 11.0. The molecule has 2 aromatic carbocycles. The lowest BCUT2D eigenvalue weighted by atomic mass is 10.1. The van der Waals surface area contributed by atoms with Crippen LogP contribution >= 0.6 is 0 Å². The molecule has 0 aromatic heterocycles. The minimum atomic E-state index is -0.900. The van der Waals surface area contributed by atoms with Gasteiger partial charge in [-0.05, 0) is 54.8 Å². The SMILES string of the molecule is CCCCCCC(C)Oc1ccc2cc(C(=O)O)ccc2c1. The molecule has 0 heterocycles. The zero-order valence-corrected chi connectivity index (χ0v) is 13.3. The Hall–Kier alpha value is -2.03. The molecule has 0 amide bonds. The molecule has 1 unspecified atom stereocenters. The summed E-state index contributed by atoms with van der Waals surface area (Å²) in [5.41, 5.74) is 0.311. The number of hydrogen-bond acceptors (Lipinski definition) is 2. The number of unbranched alkanes of at least 4 members (excludes halogenated alkanes) is 3. The molecule has 2 aromatic rings. The van der Waals surface area contributed by atoms with Crippen LogP contribution in [0.4, 0.5) is 0 Å². The molecule has 1 N–H and O–H groups in total. The van der Waals surface area contributed by atoms with E-state index in [9.17, 15) is 4.79 Å². The molecule has 0 fully saturated rings. The summed E-state index contributed by atoms with van der Waals surface area (Å²) in [5, 5.41) is 10.9. The number of rotatable bonds is 8. The van der Waals surface area contributed by atoms with Crippen LogP contribution in [0.5, 0.6) is 5.75 Å². The quantitative estimate of drug-likeness (QED) is 0.675. The van der Waals surface area contributed by atoms with E-state index in [2.05, 4.69) is 13.8 Å². The summed E-state index contributed by atoms with van der Waals surface area (Å²) >= 11 is 0. The van der Waals surface area contributed by atoms with Gasteiger partial charge >= 0.3 is 5.97 Å². The molecule has 1 atom stereocenters. The highest BCUT2D eigenvalue weighted by atomic mass is 16.5. The molecule has 22 heavy (non-hydrogen) atoms. The second-order valence-corrected chi connectivity index (χ2v) is 5.81. The van der Waals surface area contributed by atoms with Gasteiger partial charge in [0.25, 0.3) is 0 Å². The number of carboxylic acids is 1. The number of ether oxygens (including phenoxy) is 1. The van der Waals surface area contributed by atoms with E-state index in [1.807, 2.05) is 24.3 Å². The lowest BCUT2D eigenvalue weighted by Crippen LogP contribution is -2.11. The van der Waals surface area contributed by atoms with Crippen molar-refractivity contribution in [1.82, 2.24) is 0 Å². The van der Waals surface area contributed by atoms with Crippen LogP contribution in [0, 0.1) is 0 Å². The molecule has 3 nitrogen and oxygen atoms in total. The van der Waals surface area contributed by atoms with Crippen molar-refractivity contribution in [2.45, 2.75) is 52.1 Å². The number of aromatic carboxylic acids is 1. The fourth-order valence-electron chi connectivity index (χ4n) is 2.58. The topological polar surface area (TPSA) is 46.5 Å². The van der Waals surface area contributed by atoms with Gasteiger partial charge in [0, 0.05) is 0 Å². The first-order chi connectivity index (χ1) is 10.6. The summed E-state index contributed by atoms with van der Waals surface area (Å²) in [5.74, 6) is -0.0542. The monoisotopic (exact) mass is 300 g/mol. The maximum absolute atomic E-state index is 11.0. The second kappa shape index (κ2) is 7.83. The summed E-state index contributed by atoms with van der Waals surface area (Å²) in [7, 11) is 0. The lowest BCUT2D eigenvalue weighted by Gasteiger charge is -2.15. The highest BCUT2D eigenvalue weighted by molar-refractivity contribution is 5.94. The van der Waals surface area contributed by atoms with Gasteiger partial charge in [0.2, 0.25) is 0 Å². The number of carboxylic acid groups (broad SMARTS) is 1. The number of fused-ring (bicyclic) bond motifs is 1. The van der Waals surface area contributed by atoms with Crippen molar-refractivity contribution in [3.63, 3.8) is 0 Å². The molecule has 0 aliphatic heterocycles. The van der Waals surface area contributed by atoms with Gasteiger partial charge in [0.1, 0.15) is 5.75 Å². The van der Waals surface area contributed by atoms with E-state index in [0.29, 0.717) is 5.56 Å². The van der Waals surface area contributed by atoms with Gasteiger partial charge in [-0.15, -0.1) is 0 Å². The number of benzene rings is 2. The lowest BCUT2D eigenvalue weighted by molar-refractivity contribution is 0.0697. The van der Waals surface area contributed by atoms with E-state index in [0.717, 1.165) is 22.9 Å². The van der Waals surface area contributed by atoms with Crippen molar-refractivity contribution >= 4 is 16.7 Å². The fourth-order valence-corrected chi connectivity index (χ4v) is 2.58. The Bertz CT molecular complexity index is 634. The summed E-state index contributed by atoms with van der Waals surface area (Å²) < 4.78 is 5.96. The van der Waals surface area contributed by atoms with Crippen LogP contribution in [0.15, 0.2) is 36.4 Å². The first kappa shape index (κ1) is 16.3. The third kappa shape index (κ3) is 4.48. The molecule has 2 rings (SSSR count). The van der Waals surface area contributed by atoms with Gasteiger partial charge in [-0.25, -0.2) is 4.79 Å². The standard InChI is InChI=1S/C19H24O3/c1-3-4-5-6-7-14(2)22-18-11-10-15-12-17(19(20)21)9-8-16(15)13-18/h8-14H,3-7H2,1-2H3,(H,20,21). The molecule has 0 aliphatic rings. The minimum Gasteiger partial charge on any atom is -0.491 e. The Morgan fingerprint density at radius 2 is 1.82 bits per heavy atom. The maximum Gasteiger partial charge on any atom is 0.335 e. The zero-order valence-electron chi connectivity index (χ0n) is 13.3. The Morgan fingerprint density at radius 1 is 1.09 bits per heavy atom. The van der Waals surface area contributed by atoms with Crippen LogP contribution in [0.25, 0.3) is 10.8 Å². The van der Waals surface area contributed by atoms with Crippen LogP contribution in [0.1, 0.15) is 56.3 Å². The van der Waals surface area contributed by atoms with E-state index < -0.39 is 5.97 Å². The van der Waals surface area contributed by atoms with Gasteiger partial charge in [-0.2, -0.15) is 0 Å². The normalized spacial score (nSPS) is 12.3. The van der Waals surface area contributed by atoms with Crippen molar-refractivity contribution in [2.75, 3.05) is 0 Å². The average molecular weight is 300 g/mol. The van der Waals surface area contributed by atoms with E-state index in [1.165, 1.54) is 25.7 Å². The van der Waals surface area contributed by atoms with Gasteiger partial charge in [-0.1, -0.05) is 38.3 Å². The summed E-state index contributed by atoms with van der Waals surface area (Å²) in [6, 6.07) is 11.0. The van der Waals surface area contributed by atoms with Crippen LogP contribution in [0.2, 0.25) is 0 Å².